The fraction of sp³-hybridized carbons (Fsp3) is 0.364. The highest BCUT2D eigenvalue weighted by molar-refractivity contribution is 9.09. The first-order valence-corrected chi connectivity index (χ1v) is 8.06. The van der Waals surface area contributed by atoms with E-state index in [4.69, 9.17) is 0 Å². The minimum Gasteiger partial charge on any atom is -0.298 e. The van der Waals surface area contributed by atoms with Crippen LogP contribution in [-0.2, 0) is 11.2 Å². The van der Waals surface area contributed by atoms with Crippen LogP contribution in [0.3, 0.4) is 0 Å². The maximum absolute atomic E-state index is 11.3. The fourth-order valence-corrected chi connectivity index (χ4v) is 2.54. The molecule has 0 amide bonds. The van der Waals surface area contributed by atoms with E-state index in [-0.39, 0.29) is 5.78 Å². The third-order valence-electron chi connectivity index (χ3n) is 1.96. The molecule has 15 heavy (non-hydrogen) atoms. The quantitative estimate of drug-likeness (QED) is 0.611. The summed E-state index contributed by atoms with van der Waals surface area (Å²) in [6.45, 7) is 0. The largest absolute Gasteiger partial charge is 0.298 e. The molecule has 0 bridgehead atoms. The summed E-state index contributed by atoms with van der Waals surface area (Å²) in [7, 11) is 0. The number of carbonyl (C=O) groups is 1. The summed E-state index contributed by atoms with van der Waals surface area (Å²) in [5.74, 6) is 0.223. The van der Waals surface area contributed by atoms with Gasteiger partial charge in [0.05, 0.1) is 5.33 Å². The minimum atomic E-state index is 0.223. The van der Waals surface area contributed by atoms with Crippen molar-refractivity contribution in [2.45, 2.75) is 16.2 Å². The molecule has 0 saturated heterocycles. The van der Waals surface area contributed by atoms with Gasteiger partial charge in [-0.05, 0) is 36.3 Å². The van der Waals surface area contributed by atoms with Crippen molar-refractivity contribution in [3.05, 3.63) is 23.8 Å². The molecule has 4 heteroatoms. The molecule has 1 nitrogen and oxygen atoms in total. The maximum atomic E-state index is 11.3. The van der Waals surface area contributed by atoms with Gasteiger partial charge < -0.3 is 0 Å². The Labute approximate surface area is 108 Å². The zero-order valence-electron chi connectivity index (χ0n) is 8.75. The lowest BCUT2D eigenvalue weighted by molar-refractivity contribution is -0.115. The minimum absolute atomic E-state index is 0.223. The van der Waals surface area contributed by atoms with E-state index in [1.54, 1.807) is 23.5 Å². The van der Waals surface area contributed by atoms with E-state index in [2.05, 4.69) is 46.6 Å². The van der Waals surface area contributed by atoms with Crippen LogP contribution in [0.1, 0.15) is 5.56 Å². The summed E-state index contributed by atoms with van der Waals surface area (Å²) in [6, 6.07) is 6.33. The van der Waals surface area contributed by atoms with Gasteiger partial charge in [-0.1, -0.05) is 15.9 Å². The molecule has 0 aliphatic heterocycles. The summed E-state index contributed by atoms with van der Waals surface area (Å²) in [5.41, 5.74) is 1.11. The van der Waals surface area contributed by atoms with Crippen LogP contribution in [-0.4, -0.2) is 23.6 Å². The second-order valence-corrected chi connectivity index (χ2v) is 5.39. The standard InChI is InChI=1S/C11H13BrOS2/c1-14-10-4-8(3-9(13)7-12)5-11(6-10)15-2/h4-6H,3,7H2,1-2H3. The number of rotatable bonds is 5. The highest BCUT2D eigenvalue weighted by Gasteiger charge is 2.04. The van der Waals surface area contributed by atoms with E-state index < -0.39 is 0 Å². The van der Waals surface area contributed by atoms with Crippen molar-refractivity contribution in [3.63, 3.8) is 0 Å². The molecule has 0 unspecified atom stereocenters. The van der Waals surface area contributed by atoms with Crippen LogP contribution in [0.4, 0.5) is 0 Å². The molecule has 0 atom stereocenters. The molecule has 82 valence electrons. The molecule has 1 aromatic carbocycles. The molecule has 0 radical (unpaired) electrons. The Morgan fingerprint density at radius 2 is 1.73 bits per heavy atom. The van der Waals surface area contributed by atoms with Crippen molar-refractivity contribution in [1.82, 2.24) is 0 Å². The Bertz CT molecular complexity index is 330. The molecule has 0 aliphatic carbocycles. The van der Waals surface area contributed by atoms with Gasteiger partial charge in [-0.3, -0.25) is 4.79 Å². The second kappa shape index (κ2) is 6.61. The number of halogens is 1. The zero-order chi connectivity index (χ0) is 11.3. The van der Waals surface area contributed by atoms with Gasteiger partial charge in [-0.25, -0.2) is 0 Å². The van der Waals surface area contributed by atoms with Crippen LogP contribution in [0.25, 0.3) is 0 Å². The van der Waals surface area contributed by atoms with Gasteiger partial charge in [-0.2, -0.15) is 0 Å². The summed E-state index contributed by atoms with van der Waals surface area (Å²) in [4.78, 5) is 13.8. The van der Waals surface area contributed by atoms with Crippen LogP contribution in [0.2, 0.25) is 0 Å². The number of hydrogen-bond acceptors (Lipinski definition) is 3. The smallest absolute Gasteiger partial charge is 0.147 e. The van der Waals surface area contributed by atoms with E-state index in [1.807, 2.05) is 0 Å². The number of Topliss-reactive ketones (excluding diaryl/α,β-unsaturated/α-hetero) is 1. The first-order chi connectivity index (χ1) is 7.19. The van der Waals surface area contributed by atoms with E-state index in [0.717, 1.165) is 5.56 Å². The van der Waals surface area contributed by atoms with Crippen molar-refractivity contribution >= 4 is 45.2 Å². The van der Waals surface area contributed by atoms with Crippen LogP contribution in [0.5, 0.6) is 0 Å². The number of benzene rings is 1. The lowest BCUT2D eigenvalue weighted by Gasteiger charge is -2.05. The van der Waals surface area contributed by atoms with Gasteiger partial charge in [0.1, 0.15) is 5.78 Å². The van der Waals surface area contributed by atoms with E-state index in [1.165, 1.54) is 9.79 Å². The normalized spacial score (nSPS) is 10.3. The van der Waals surface area contributed by atoms with Gasteiger partial charge in [0.25, 0.3) is 0 Å². The van der Waals surface area contributed by atoms with E-state index in [0.29, 0.717) is 11.8 Å². The summed E-state index contributed by atoms with van der Waals surface area (Å²) >= 11 is 6.61. The van der Waals surface area contributed by atoms with E-state index >= 15 is 0 Å². The first-order valence-electron chi connectivity index (χ1n) is 4.49. The Kier molecular flexibility index (Phi) is 5.79. The van der Waals surface area contributed by atoms with Gasteiger partial charge in [0, 0.05) is 16.2 Å². The van der Waals surface area contributed by atoms with Crippen LogP contribution >= 0.6 is 39.5 Å². The summed E-state index contributed by atoms with van der Waals surface area (Å²) < 4.78 is 0. The fourth-order valence-electron chi connectivity index (χ4n) is 1.24. The lowest BCUT2D eigenvalue weighted by atomic mass is 10.1. The maximum Gasteiger partial charge on any atom is 0.147 e. The number of thioether (sulfide) groups is 2. The molecular weight excluding hydrogens is 292 g/mol. The van der Waals surface area contributed by atoms with Crippen LogP contribution in [0.15, 0.2) is 28.0 Å². The molecule has 0 aromatic heterocycles. The molecule has 0 spiro atoms. The summed E-state index contributed by atoms with van der Waals surface area (Å²) in [5, 5.41) is 0.436. The van der Waals surface area contributed by atoms with Gasteiger partial charge in [0.2, 0.25) is 0 Å². The third kappa shape index (κ3) is 4.21. The number of ketones is 1. The average molecular weight is 305 g/mol. The number of carbonyl (C=O) groups excluding carboxylic acids is 1. The highest BCUT2D eigenvalue weighted by Crippen LogP contribution is 2.24. The molecule has 1 aromatic rings. The van der Waals surface area contributed by atoms with Crippen molar-refractivity contribution in [1.29, 1.82) is 0 Å². The molecule has 0 fully saturated rings. The molecule has 0 N–H and O–H groups in total. The Morgan fingerprint density at radius 3 is 2.13 bits per heavy atom. The second-order valence-electron chi connectivity index (χ2n) is 3.07. The van der Waals surface area contributed by atoms with Gasteiger partial charge in [-0.15, -0.1) is 23.5 Å². The highest BCUT2D eigenvalue weighted by atomic mass is 79.9. The Morgan fingerprint density at radius 1 is 1.20 bits per heavy atom. The van der Waals surface area contributed by atoms with Crippen molar-refractivity contribution in [3.8, 4) is 0 Å². The molecule has 0 saturated carbocycles. The van der Waals surface area contributed by atoms with Gasteiger partial charge >= 0.3 is 0 Å². The Balaban J connectivity index is 2.91. The van der Waals surface area contributed by atoms with Crippen LogP contribution < -0.4 is 0 Å². The summed E-state index contributed by atoms with van der Waals surface area (Å²) in [6.07, 6.45) is 4.62. The van der Waals surface area contributed by atoms with Crippen molar-refractivity contribution in [2.24, 2.45) is 0 Å². The molecule has 0 heterocycles. The van der Waals surface area contributed by atoms with Crippen molar-refractivity contribution in [2.75, 3.05) is 17.8 Å². The van der Waals surface area contributed by atoms with Crippen LogP contribution in [0, 0.1) is 0 Å². The number of alkyl halides is 1. The average Bonchev–Trinajstić information content (AvgIpc) is 2.28. The SMILES string of the molecule is CSc1cc(CC(=O)CBr)cc(SC)c1. The first kappa shape index (κ1) is 13.1. The van der Waals surface area contributed by atoms with E-state index in [9.17, 15) is 4.79 Å². The predicted octanol–water partition coefficient (Wildman–Crippen LogP) is 3.64. The Hall–Kier alpha value is 0.0700. The monoisotopic (exact) mass is 304 g/mol. The molecule has 0 aliphatic rings. The third-order valence-corrected chi connectivity index (χ3v) is 4.00. The zero-order valence-corrected chi connectivity index (χ0v) is 12.0. The predicted molar refractivity (Wildman–Crippen MR) is 72.5 cm³/mol. The molecular formula is C11H13BrOS2. The lowest BCUT2D eigenvalue weighted by Crippen LogP contribution is -2.03. The number of hydrogen-bond donors (Lipinski definition) is 0. The van der Waals surface area contributed by atoms with Gasteiger partial charge in [0.15, 0.2) is 0 Å². The van der Waals surface area contributed by atoms with Crippen molar-refractivity contribution < 1.29 is 4.79 Å². The topological polar surface area (TPSA) is 17.1 Å². The molecule has 1 rings (SSSR count).